The first-order chi connectivity index (χ1) is 13.8. The first-order valence-electron chi connectivity index (χ1n) is 8.98. The van der Waals surface area contributed by atoms with Gasteiger partial charge >= 0.3 is 5.97 Å². The molecule has 7 nitrogen and oxygen atoms in total. The Bertz CT molecular complexity index is 885. The van der Waals surface area contributed by atoms with Crippen molar-refractivity contribution in [3.63, 3.8) is 0 Å². The molecule has 0 aliphatic heterocycles. The number of nitrogens with one attached hydrogen (secondary N) is 2. The Kier molecular flexibility index (Phi) is 7.70. The molecular weight excluding hydrogens is 379 g/mol. The van der Waals surface area contributed by atoms with Crippen molar-refractivity contribution in [2.75, 3.05) is 19.0 Å². The van der Waals surface area contributed by atoms with Gasteiger partial charge in [-0.25, -0.2) is 9.18 Å². The van der Waals surface area contributed by atoms with Crippen molar-refractivity contribution in [3.8, 4) is 5.75 Å². The topological polar surface area (TPSA) is 93.7 Å². The number of benzene rings is 2. The fourth-order valence-electron chi connectivity index (χ4n) is 2.52. The van der Waals surface area contributed by atoms with Gasteiger partial charge in [0.25, 0.3) is 11.8 Å². The Morgan fingerprint density at radius 3 is 2.34 bits per heavy atom. The molecule has 154 valence electrons. The van der Waals surface area contributed by atoms with E-state index < -0.39 is 36.2 Å². The van der Waals surface area contributed by atoms with Gasteiger partial charge in [0.1, 0.15) is 17.6 Å². The second-order valence-electron chi connectivity index (χ2n) is 6.53. The summed E-state index contributed by atoms with van der Waals surface area (Å²) in [5.41, 5.74) is 0.254. The molecule has 0 heterocycles. The van der Waals surface area contributed by atoms with Gasteiger partial charge in [-0.3, -0.25) is 9.59 Å². The van der Waals surface area contributed by atoms with Gasteiger partial charge in [0, 0.05) is 0 Å². The minimum Gasteiger partial charge on any atom is -0.495 e. The SMILES string of the molecule is COc1ccccc1NC(=O)COC(=O)[C@@H](NC(=O)c1ccccc1F)C(C)C. The fraction of sp³-hybridized carbons (Fsp3) is 0.286. The second kappa shape index (κ2) is 10.2. The largest absolute Gasteiger partial charge is 0.495 e. The van der Waals surface area contributed by atoms with E-state index in [0.717, 1.165) is 6.07 Å². The number of anilines is 1. The minimum absolute atomic E-state index is 0.181. The number of esters is 1. The number of carbonyl (C=O) groups excluding carboxylic acids is 3. The minimum atomic E-state index is -1.04. The number of methoxy groups -OCH3 is 1. The average molecular weight is 402 g/mol. The molecule has 8 heteroatoms. The molecule has 0 spiro atoms. The van der Waals surface area contributed by atoms with Crippen LogP contribution in [0.25, 0.3) is 0 Å². The molecule has 0 fully saturated rings. The van der Waals surface area contributed by atoms with Crippen molar-refractivity contribution >= 4 is 23.5 Å². The summed E-state index contributed by atoms with van der Waals surface area (Å²) < 4.78 is 24.0. The molecule has 0 saturated heterocycles. The molecule has 0 aliphatic rings. The van der Waals surface area contributed by atoms with E-state index in [1.165, 1.54) is 25.3 Å². The highest BCUT2D eigenvalue weighted by Gasteiger charge is 2.27. The molecule has 0 unspecified atom stereocenters. The van der Waals surface area contributed by atoms with Crippen molar-refractivity contribution in [3.05, 3.63) is 59.9 Å². The lowest BCUT2D eigenvalue weighted by atomic mass is 10.0. The number of ether oxygens (including phenoxy) is 2. The summed E-state index contributed by atoms with van der Waals surface area (Å²) in [6, 6.07) is 11.2. The number of carbonyl (C=O) groups is 3. The molecule has 0 aromatic heterocycles. The van der Waals surface area contributed by atoms with Crippen LogP contribution in [-0.4, -0.2) is 37.5 Å². The molecular formula is C21H23FN2O5. The Balaban J connectivity index is 1.96. The maximum absolute atomic E-state index is 13.8. The summed E-state index contributed by atoms with van der Waals surface area (Å²) >= 11 is 0. The molecule has 2 aromatic rings. The van der Waals surface area contributed by atoms with Crippen LogP contribution in [0.15, 0.2) is 48.5 Å². The van der Waals surface area contributed by atoms with E-state index in [4.69, 9.17) is 9.47 Å². The molecule has 1 atom stereocenters. The quantitative estimate of drug-likeness (QED) is 0.663. The first-order valence-corrected chi connectivity index (χ1v) is 8.98. The number of halogens is 1. The van der Waals surface area contributed by atoms with Gasteiger partial charge in [-0.1, -0.05) is 38.1 Å². The summed E-state index contributed by atoms with van der Waals surface area (Å²) in [5, 5.41) is 5.04. The maximum Gasteiger partial charge on any atom is 0.329 e. The zero-order chi connectivity index (χ0) is 21.4. The Morgan fingerprint density at radius 2 is 1.69 bits per heavy atom. The van der Waals surface area contributed by atoms with Gasteiger partial charge in [-0.2, -0.15) is 0 Å². The Morgan fingerprint density at radius 1 is 1.03 bits per heavy atom. The zero-order valence-electron chi connectivity index (χ0n) is 16.4. The van der Waals surface area contributed by atoms with E-state index in [1.807, 2.05) is 0 Å². The molecule has 0 radical (unpaired) electrons. The number of hydrogen-bond donors (Lipinski definition) is 2. The van der Waals surface area contributed by atoms with Crippen LogP contribution in [-0.2, 0) is 14.3 Å². The van der Waals surface area contributed by atoms with Gasteiger partial charge in [-0.05, 0) is 30.2 Å². The average Bonchev–Trinajstić information content (AvgIpc) is 2.70. The number of hydrogen-bond acceptors (Lipinski definition) is 5. The molecule has 29 heavy (non-hydrogen) atoms. The Labute approximate surface area is 168 Å². The first kappa shape index (κ1) is 21.9. The molecule has 0 aliphatic carbocycles. The summed E-state index contributed by atoms with van der Waals surface area (Å²) in [6.07, 6.45) is 0. The van der Waals surface area contributed by atoms with Gasteiger partial charge < -0.3 is 20.1 Å². The van der Waals surface area contributed by atoms with E-state index >= 15 is 0 Å². The van der Waals surface area contributed by atoms with Crippen molar-refractivity contribution < 1.29 is 28.2 Å². The molecule has 0 saturated carbocycles. The van der Waals surface area contributed by atoms with Crippen molar-refractivity contribution in [1.82, 2.24) is 5.32 Å². The lowest BCUT2D eigenvalue weighted by Gasteiger charge is -2.21. The highest BCUT2D eigenvalue weighted by Crippen LogP contribution is 2.22. The van der Waals surface area contributed by atoms with Crippen LogP contribution in [0.5, 0.6) is 5.75 Å². The van der Waals surface area contributed by atoms with Crippen molar-refractivity contribution in [2.24, 2.45) is 5.92 Å². The predicted molar refractivity (Wildman–Crippen MR) is 105 cm³/mol. The van der Waals surface area contributed by atoms with Crippen LogP contribution in [0.2, 0.25) is 0 Å². The van der Waals surface area contributed by atoms with Gasteiger partial charge in [-0.15, -0.1) is 0 Å². The monoisotopic (exact) mass is 402 g/mol. The van der Waals surface area contributed by atoms with Crippen LogP contribution in [0.4, 0.5) is 10.1 Å². The summed E-state index contributed by atoms with van der Waals surface area (Å²) in [4.78, 5) is 36.7. The summed E-state index contributed by atoms with van der Waals surface area (Å²) in [7, 11) is 1.47. The highest BCUT2D eigenvalue weighted by atomic mass is 19.1. The van der Waals surface area contributed by atoms with E-state index in [0.29, 0.717) is 11.4 Å². The second-order valence-corrected chi connectivity index (χ2v) is 6.53. The molecule has 2 amide bonds. The smallest absolute Gasteiger partial charge is 0.329 e. The lowest BCUT2D eigenvalue weighted by Crippen LogP contribution is -2.46. The molecule has 2 N–H and O–H groups in total. The number of rotatable bonds is 8. The van der Waals surface area contributed by atoms with Crippen LogP contribution < -0.4 is 15.4 Å². The number of para-hydroxylation sites is 2. The molecule has 2 rings (SSSR count). The van der Waals surface area contributed by atoms with Crippen LogP contribution in [0.1, 0.15) is 24.2 Å². The predicted octanol–water partition coefficient (Wildman–Crippen LogP) is 2.77. The molecule has 2 aromatic carbocycles. The standard InChI is InChI=1S/C21H23FN2O5/c1-13(2)19(24-20(26)14-8-4-5-9-15(14)22)21(27)29-12-18(25)23-16-10-6-7-11-17(16)28-3/h4-11,13,19H,12H2,1-3H3,(H,23,25)(H,24,26)/t19-/m0/s1. The lowest BCUT2D eigenvalue weighted by molar-refractivity contribution is -0.150. The third kappa shape index (κ3) is 6.03. The number of amides is 2. The zero-order valence-corrected chi connectivity index (χ0v) is 16.4. The van der Waals surface area contributed by atoms with Gasteiger partial charge in [0.05, 0.1) is 18.4 Å². The fourth-order valence-corrected chi connectivity index (χ4v) is 2.52. The van der Waals surface area contributed by atoms with E-state index in [-0.39, 0.29) is 11.5 Å². The molecule has 0 bridgehead atoms. The van der Waals surface area contributed by atoms with Crippen molar-refractivity contribution in [1.29, 1.82) is 0 Å². The van der Waals surface area contributed by atoms with Crippen LogP contribution >= 0.6 is 0 Å². The summed E-state index contributed by atoms with van der Waals surface area (Å²) in [5.74, 6) is -2.67. The van der Waals surface area contributed by atoms with Gasteiger partial charge in [0.15, 0.2) is 6.61 Å². The normalized spacial score (nSPS) is 11.5. The van der Waals surface area contributed by atoms with E-state index in [2.05, 4.69) is 10.6 Å². The van der Waals surface area contributed by atoms with Crippen LogP contribution in [0, 0.1) is 11.7 Å². The highest BCUT2D eigenvalue weighted by molar-refractivity contribution is 5.98. The van der Waals surface area contributed by atoms with Crippen LogP contribution in [0.3, 0.4) is 0 Å². The van der Waals surface area contributed by atoms with E-state index in [1.54, 1.807) is 38.1 Å². The summed E-state index contributed by atoms with van der Waals surface area (Å²) in [6.45, 7) is 2.85. The maximum atomic E-state index is 13.8. The third-order valence-electron chi connectivity index (χ3n) is 4.05. The third-order valence-corrected chi connectivity index (χ3v) is 4.05. The van der Waals surface area contributed by atoms with Crippen molar-refractivity contribution in [2.45, 2.75) is 19.9 Å². The van der Waals surface area contributed by atoms with Gasteiger partial charge in [0.2, 0.25) is 0 Å². The Hall–Kier alpha value is -3.42. The van der Waals surface area contributed by atoms with E-state index in [9.17, 15) is 18.8 Å².